The Hall–Kier alpha value is -3.31. The summed E-state index contributed by atoms with van der Waals surface area (Å²) in [4.78, 5) is 16.4. The highest BCUT2D eigenvalue weighted by Crippen LogP contribution is 2.32. The molecule has 4 rings (SSSR count). The number of guanidine groups is 1. The van der Waals surface area contributed by atoms with E-state index < -0.39 is 0 Å². The fraction of sp³-hybridized carbons (Fsp3) is 0.261. The molecule has 0 unspecified atom stereocenters. The summed E-state index contributed by atoms with van der Waals surface area (Å²) in [6.07, 6.45) is 6.46. The summed E-state index contributed by atoms with van der Waals surface area (Å²) in [7, 11) is 1.72. The highest BCUT2D eigenvalue weighted by atomic mass is 79.9. The molecule has 0 radical (unpaired) electrons. The third-order valence-electron chi connectivity index (χ3n) is 5.48. The summed E-state index contributed by atoms with van der Waals surface area (Å²) in [5, 5.41) is 12.1. The lowest BCUT2D eigenvalue weighted by molar-refractivity contribution is 0.302. The second-order valence-corrected chi connectivity index (χ2v) is 8.40. The van der Waals surface area contributed by atoms with Gasteiger partial charge in [0.15, 0.2) is 6.19 Å². The lowest BCUT2D eigenvalue weighted by atomic mass is 10.0. The third-order valence-corrected chi connectivity index (χ3v) is 5.97. The van der Waals surface area contributed by atoms with Gasteiger partial charge in [0.05, 0.1) is 24.6 Å². The number of aromatic nitrogens is 2. The van der Waals surface area contributed by atoms with Crippen molar-refractivity contribution in [2.24, 2.45) is 4.99 Å². The van der Waals surface area contributed by atoms with E-state index in [0.717, 1.165) is 29.7 Å². The van der Waals surface area contributed by atoms with E-state index in [4.69, 9.17) is 0 Å². The maximum Gasteiger partial charge on any atom is 0.207 e. The van der Waals surface area contributed by atoms with E-state index in [0.29, 0.717) is 12.5 Å². The van der Waals surface area contributed by atoms with Crippen LogP contribution in [0.5, 0.6) is 0 Å². The van der Waals surface area contributed by atoms with E-state index in [2.05, 4.69) is 88.5 Å². The summed E-state index contributed by atoms with van der Waals surface area (Å²) in [6, 6.07) is 16.9. The van der Waals surface area contributed by atoms with E-state index >= 15 is 0 Å². The van der Waals surface area contributed by atoms with Gasteiger partial charge in [0.1, 0.15) is 0 Å². The van der Waals surface area contributed by atoms with E-state index in [1.54, 1.807) is 13.4 Å². The number of aliphatic imine (C=N–C) groups is 1. The molecule has 1 aliphatic rings. The molecule has 0 aliphatic carbocycles. The molecule has 7 nitrogen and oxygen atoms in total. The summed E-state index contributed by atoms with van der Waals surface area (Å²) in [5.74, 6) is 0.581. The highest BCUT2D eigenvalue weighted by Gasteiger charge is 2.30. The van der Waals surface area contributed by atoms with Crippen molar-refractivity contribution in [3.8, 4) is 6.19 Å². The van der Waals surface area contributed by atoms with Crippen LogP contribution in [0.2, 0.25) is 0 Å². The van der Waals surface area contributed by atoms with Crippen molar-refractivity contribution in [2.45, 2.75) is 25.6 Å². The second-order valence-electron chi connectivity index (χ2n) is 7.49. The molecule has 31 heavy (non-hydrogen) atoms. The van der Waals surface area contributed by atoms with Gasteiger partial charge < -0.3 is 14.8 Å². The second kappa shape index (κ2) is 9.67. The maximum absolute atomic E-state index is 9.31. The Morgan fingerprint density at radius 1 is 1.32 bits per heavy atom. The SMILES string of the molecule is CN=C(NC#N)N1Cc2cc(Br)ccc2N(Cc2cnc[nH]2)C[C@H]1Cc1ccccc1. The van der Waals surface area contributed by atoms with Crippen molar-refractivity contribution in [3.05, 3.63) is 82.3 Å². The summed E-state index contributed by atoms with van der Waals surface area (Å²) in [6.45, 7) is 2.14. The van der Waals surface area contributed by atoms with Gasteiger partial charge in [-0.15, -0.1) is 0 Å². The van der Waals surface area contributed by atoms with Crippen LogP contribution in [-0.4, -0.2) is 40.5 Å². The summed E-state index contributed by atoms with van der Waals surface area (Å²) < 4.78 is 1.03. The number of nitrogens with one attached hydrogen (secondary N) is 2. The van der Waals surface area contributed by atoms with E-state index in [9.17, 15) is 5.26 Å². The molecular weight excluding hydrogens is 454 g/mol. The van der Waals surface area contributed by atoms with Gasteiger partial charge in [-0.25, -0.2) is 4.98 Å². The molecule has 2 N–H and O–H groups in total. The Kier molecular flexibility index (Phi) is 6.53. The van der Waals surface area contributed by atoms with Gasteiger partial charge in [0.2, 0.25) is 5.96 Å². The van der Waals surface area contributed by atoms with Crippen LogP contribution in [0, 0.1) is 11.5 Å². The van der Waals surface area contributed by atoms with Crippen LogP contribution in [-0.2, 0) is 19.5 Å². The van der Waals surface area contributed by atoms with Crippen molar-refractivity contribution in [3.63, 3.8) is 0 Å². The fourth-order valence-electron chi connectivity index (χ4n) is 4.09. The number of fused-ring (bicyclic) bond motifs is 1. The number of hydrogen-bond acceptors (Lipinski definition) is 4. The van der Waals surface area contributed by atoms with Crippen LogP contribution < -0.4 is 10.2 Å². The normalized spacial score (nSPS) is 16.4. The number of rotatable bonds is 4. The Labute approximate surface area is 190 Å². The quantitative estimate of drug-likeness (QED) is 0.259. The number of nitriles is 1. The molecule has 1 aromatic heterocycles. The van der Waals surface area contributed by atoms with Crippen LogP contribution in [0.3, 0.4) is 0 Å². The van der Waals surface area contributed by atoms with Gasteiger partial charge in [-0.2, -0.15) is 5.26 Å². The van der Waals surface area contributed by atoms with Crippen molar-refractivity contribution < 1.29 is 0 Å². The Morgan fingerprint density at radius 3 is 2.87 bits per heavy atom. The summed E-state index contributed by atoms with van der Waals surface area (Å²) >= 11 is 3.62. The standard InChI is InChI=1S/C23H24BrN7/c1-26-23(28-15-25)31-12-18-10-19(24)7-8-22(18)30(13-20-11-27-16-29-20)14-21(31)9-17-5-3-2-4-6-17/h2-8,10-11,16,21H,9,12-14H2,1H3,(H,26,28)(H,27,29)/t21-/m1/s1. The lowest BCUT2D eigenvalue weighted by Crippen LogP contribution is -2.49. The Bertz CT molecular complexity index is 1070. The first-order valence-electron chi connectivity index (χ1n) is 10.1. The van der Waals surface area contributed by atoms with Crippen LogP contribution >= 0.6 is 15.9 Å². The van der Waals surface area contributed by atoms with Crippen LogP contribution in [0.1, 0.15) is 16.8 Å². The zero-order valence-corrected chi connectivity index (χ0v) is 18.9. The molecule has 1 aliphatic heterocycles. The average molecular weight is 478 g/mol. The minimum Gasteiger partial charge on any atom is -0.363 e. The van der Waals surface area contributed by atoms with Crippen LogP contribution in [0.25, 0.3) is 0 Å². The molecule has 2 heterocycles. The zero-order chi connectivity index (χ0) is 21.6. The van der Waals surface area contributed by atoms with Gasteiger partial charge in [0, 0.05) is 36.5 Å². The summed E-state index contributed by atoms with van der Waals surface area (Å²) in [5.41, 5.74) is 4.65. The lowest BCUT2D eigenvalue weighted by Gasteiger charge is -2.34. The third kappa shape index (κ3) is 4.89. The molecule has 0 bridgehead atoms. The average Bonchev–Trinajstić information content (AvgIpc) is 3.24. The minimum atomic E-state index is 0.107. The molecule has 0 saturated heterocycles. The molecule has 2 aromatic carbocycles. The molecule has 0 amide bonds. The topological polar surface area (TPSA) is 83.3 Å². The number of nitrogens with zero attached hydrogens (tertiary/aromatic N) is 5. The number of hydrogen-bond donors (Lipinski definition) is 2. The first-order valence-corrected chi connectivity index (χ1v) is 10.9. The van der Waals surface area contributed by atoms with E-state index in [1.165, 1.54) is 16.8 Å². The molecule has 0 fully saturated rings. The molecule has 3 aromatic rings. The van der Waals surface area contributed by atoms with Crippen molar-refractivity contribution in [1.29, 1.82) is 5.26 Å². The number of imidazole rings is 1. The Balaban J connectivity index is 1.76. The number of aromatic amines is 1. The highest BCUT2D eigenvalue weighted by molar-refractivity contribution is 9.10. The number of benzene rings is 2. The first kappa shape index (κ1) is 20.9. The van der Waals surface area contributed by atoms with Crippen LogP contribution in [0.15, 0.2) is 70.5 Å². The fourth-order valence-corrected chi connectivity index (χ4v) is 4.50. The van der Waals surface area contributed by atoms with Crippen molar-refractivity contribution in [2.75, 3.05) is 18.5 Å². The van der Waals surface area contributed by atoms with E-state index in [1.807, 2.05) is 18.5 Å². The van der Waals surface area contributed by atoms with Gasteiger partial charge in [-0.05, 0) is 35.7 Å². The predicted octanol–water partition coefficient (Wildman–Crippen LogP) is 3.66. The minimum absolute atomic E-state index is 0.107. The van der Waals surface area contributed by atoms with Gasteiger partial charge in [0.25, 0.3) is 0 Å². The molecular formula is C23H24BrN7. The molecule has 1 atom stereocenters. The van der Waals surface area contributed by atoms with Gasteiger partial charge >= 0.3 is 0 Å². The largest absolute Gasteiger partial charge is 0.363 e. The Morgan fingerprint density at radius 2 is 2.16 bits per heavy atom. The first-order chi connectivity index (χ1) is 15.2. The smallest absolute Gasteiger partial charge is 0.207 e. The van der Waals surface area contributed by atoms with Gasteiger partial charge in [-0.1, -0.05) is 46.3 Å². The van der Waals surface area contributed by atoms with Gasteiger partial charge in [-0.3, -0.25) is 10.3 Å². The maximum atomic E-state index is 9.31. The molecule has 0 spiro atoms. The molecule has 8 heteroatoms. The monoisotopic (exact) mass is 477 g/mol. The number of H-pyrrole nitrogens is 1. The zero-order valence-electron chi connectivity index (χ0n) is 17.3. The van der Waals surface area contributed by atoms with Crippen LogP contribution in [0.4, 0.5) is 5.69 Å². The number of halogens is 1. The van der Waals surface area contributed by atoms with Crippen molar-refractivity contribution >= 4 is 27.6 Å². The molecule has 0 saturated carbocycles. The molecule has 158 valence electrons. The van der Waals surface area contributed by atoms with E-state index in [-0.39, 0.29) is 6.04 Å². The predicted molar refractivity (Wildman–Crippen MR) is 125 cm³/mol. The van der Waals surface area contributed by atoms with Crippen molar-refractivity contribution in [1.82, 2.24) is 20.2 Å². The number of anilines is 1.